The van der Waals surface area contributed by atoms with Crippen LogP contribution in [0, 0.1) is 17.0 Å². The second-order valence-corrected chi connectivity index (χ2v) is 7.12. The standard InChI is InChI=1S/C22H20ClN3O4/c1-14-3-7-18(12-20(14)25-15(2)27)24-13-16-4-8-19(9-5-16)30-22-10-6-17(23)11-21(22)26(28)29/h3-12,24H,13H2,1-2H3,(H,25,27). The van der Waals surface area contributed by atoms with Crippen LogP contribution in [0.25, 0.3) is 0 Å². The van der Waals surface area contributed by atoms with Gasteiger partial charge in [0.25, 0.3) is 0 Å². The van der Waals surface area contributed by atoms with Crippen molar-refractivity contribution in [3.05, 3.63) is 86.9 Å². The van der Waals surface area contributed by atoms with E-state index in [0.717, 1.165) is 22.5 Å². The number of halogens is 1. The van der Waals surface area contributed by atoms with Gasteiger partial charge in [0, 0.05) is 35.9 Å². The van der Waals surface area contributed by atoms with E-state index in [4.69, 9.17) is 16.3 Å². The van der Waals surface area contributed by atoms with Crippen LogP contribution in [0.1, 0.15) is 18.1 Å². The number of aryl methyl sites for hydroxylation is 1. The Kier molecular flexibility index (Phi) is 6.54. The number of rotatable bonds is 7. The van der Waals surface area contributed by atoms with Crippen LogP contribution in [0.5, 0.6) is 11.5 Å². The molecule has 0 aliphatic carbocycles. The number of nitrogens with zero attached hydrogens (tertiary/aromatic N) is 1. The third kappa shape index (κ3) is 5.48. The molecule has 0 aliphatic heterocycles. The first-order chi connectivity index (χ1) is 14.3. The van der Waals surface area contributed by atoms with Crippen molar-refractivity contribution in [1.29, 1.82) is 0 Å². The number of nitro groups is 1. The molecule has 3 aromatic carbocycles. The Bertz CT molecular complexity index is 1080. The van der Waals surface area contributed by atoms with Crippen LogP contribution in [0.15, 0.2) is 60.7 Å². The van der Waals surface area contributed by atoms with Gasteiger partial charge < -0.3 is 15.4 Å². The summed E-state index contributed by atoms with van der Waals surface area (Å²) in [6.07, 6.45) is 0. The van der Waals surface area contributed by atoms with E-state index in [1.54, 1.807) is 18.2 Å². The number of benzene rings is 3. The Morgan fingerprint density at radius 2 is 1.83 bits per heavy atom. The van der Waals surface area contributed by atoms with Crippen molar-refractivity contribution in [2.45, 2.75) is 20.4 Å². The predicted octanol–water partition coefficient (Wildman–Crippen LogP) is 5.92. The molecular weight excluding hydrogens is 406 g/mol. The van der Waals surface area contributed by atoms with E-state index in [2.05, 4.69) is 10.6 Å². The molecule has 8 heteroatoms. The molecule has 154 valence electrons. The summed E-state index contributed by atoms with van der Waals surface area (Å²) in [5, 5.41) is 17.6. The lowest BCUT2D eigenvalue weighted by molar-refractivity contribution is -0.385. The third-order valence-electron chi connectivity index (χ3n) is 4.31. The number of anilines is 2. The van der Waals surface area contributed by atoms with Gasteiger partial charge in [-0.1, -0.05) is 29.8 Å². The minimum atomic E-state index is -0.531. The number of carbonyl (C=O) groups excluding carboxylic acids is 1. The third-order valence-corrected chi connectivity index (χ3v) is 4.55. The maximum atomic E-state index is 11.3. The van der Waals surface area contributed by atoms with Crippen LogP contribution >= 0.6 is 11.6 Å². The van der Waals surface area contributed by atoms with Gasteiger partial charge in [-0.25, -0.2) is 0 Å². The fraction of sp³-hybridized carbons (Fsp3) is 0.136. The zero-order chi connectivity index (χ0) is 21.7. The minimum Gasteiger partial charge on any atom is -0.450 e. The highest BCUT2D eigenvalue weighted by molar-refractivity contribution is 6.30. The summed E-state index contributed by atoms with van der Waals surface area (Å²) in [5.41, 5.74) is 3.42. The number of hydrogen-bond acceptors (Lipinski definition) is 5. The summed E-state index contributed by atoms with van der Waals surface area (Å²) < 4.78 is 5.65. The predicted molar refractivity (Wildman–Crippen MR) is 117 cm³/mol. The van der Waals surface area contributed by atoms with Crippen LogP contribution < -0.4 is 15.4 Å². The minimum absolute atomic E-state index is 0.119. The van der Waals surface area contributed by atoms with Crippen molar-refractivity contribution in [3.63, 3.8) is 0 Å². The second kappa shape index (κ2) is 9.28. The maximum absolute atomic E-state index is 11.3. The molecule has 30 heavy (non-hydrogen) atoms. The van der Waals surface area contributed by atoms with E-state index >= 15 is 0 Å². The van der Waals surface area contributed by atoms with E-state index < -0.39 is 4.92 Å². The van der Waals surface area contributed by atoms with Crippen molar-refractivity contribution in [2.24, 2.45) is 0 Å². The zero-order valence-corrected chi connectivity index (χ0v) is 17.2. The van der Waals surface area contributed by atoms with Gasteiger partial charge in [0.05, 0.1) is 4.92 Å². The molecule has 2 N–H and O–H groups in total. The number of nitrogens with one attached hydrogen (secondary N) is 2. The maximum Gasteiger partial charge on any atom is 0.313 e. The largest absolute Gasteiger partial charge is 0.450 e. The summed E-state index contributed by atoms with van der Waals surface area (Å²) in [6, 6.07) is 17.3. The SMILES string of the molecule is CC(=O)Nc1cc(NCc2ccc(Oc3ccc(Cl)cc3[N+](=O)[O-])cc2)ccc1C. The van der Waals surface area contributed by atoms with Gasteiger partial charge in [0.1, 0.15) is 5.75 Å². The van der Waals surface area contributed by atoms with Gasteiger partial charge in [-0.2, -0.15) is 0 Å². The number of nitro benzene ring substituents is 1. The van der Waals surface area contributed by atoms with Gasteiger partial charge in [-0.05, 0) is 54.4 Å². The van der Waals surface area contributed by atoms with E-state index in [-0.39, 0.29) is 22.4 Å². The Morgan fingerprint density at radius 3 is 2.50 bits per heavy atom. The van der Waals surface area contributed by atoms with Crippen LogP contribution in [-0.2, 0) is 11.3 Å². The first-order valence-electron chi connectivity index (χ1n) is 9.14. The van der Waals surface area contributed by atoms with Crippen LogP contribution in [0.3, 0.4) is 0 Å². The van der Waals surface area contributed by atoms with Gasteiger partial charge in [0.15, 0.2) is 0 Å². The Balaban J connectivity index is 1.66. The lowest BCUT2D eigenvalue weighted by Gasteiger charge is -2.12. The van der Waals surface area contributed by atoms with Gasteiger partial charge in [0.2, 0.25) is 11.7 Å². The van der Waals surface area contributed by atoms with Gasteiger partial charge in [-0.15, -0.1) is 0 Å². The summed E-state index contributed by atoms with van der Waals surface area (Å²) >= 11 is 5.83. The summed E-state index contributed by atoms with van der Waals surface area (Å²) in [4.78, 5) is 22.0. The van der Waals surface area contributed by atoms with Crippen LogP contribution in [-0.4, -0.2) is 10.8 Å². The van der Waals surface area contributed by atoms with Gasteiger partial charge in [-0.3, -0.25) is 14.9 Å². The van der Waals surface area contributed by atoms with Crippen molar-refractivity contribution in [1.82, 2.24) is 0 Å². The summed E-state index contributed by atoms with van der Waals surface area (Å²) in [5.74, 6) is 0.486. The normalized spacial score (nSPS) is 10.4. The smallest absolute Gasteiger partial charge is 0.313 e. The average Bonchev–Trinajstić information content (AvgIpc) is 2.70. The Hall–Kier alpha value is -3.58. The molecule has 0 bridgehead atoms. The highest BCUT2D eigenvalue weighted by Gasteiger charge is 2.16. The number of amides is 1. The van der Waals surface area contributed by atoms with Crippen molar-refractivity contribution >= 4 is 34.6 Å². The fourth-order valence-corrected chi connectivity index (χ4v) is 2.95. The molecule has 0 saturated heterocycles. The van der Waals surface area contributed by atoms with E-state index in [1.165, 1.54) is 19.1 Å². The molecule has 0 spiro atoms. The second-order valence-electron chi connectivity index (χ2n) is 6.68. The number of ether oxygens (including phenoxy) is 1. The molecule has 0 atom stereocenters. The monoisotopic (exact) mass is 425 g/mol. The molecule has 1 amide bonds. The van der Waals surface area contributed by atoms with Crippen molar-refractivity contribution in [2.75, 3.05) is 10.6 Å². The van der Waals surface area contributed by atoms with E-state index in [9.17, 15) is 14.9 Å². The van der Waals surface area contributed by atoms with Crippen LogP contribution in [0.2, 0.25) is 5.02 Å². The van der Waals surface area contributed by atoms with E-state index in [0.29, 0.717) is 12.3 Å². The lowest BCUT2D eigenvalue weighted by atomic mass is 10.1. The zero-order valence-electron chi connectivity index (χ0n) is 16.4. The van der Waals surface area contributed by atoms with Crippen molar-refractivity contribution in [3.8, 4) is 11.5 Å². The number of carbonyl (C=O) groups is 1. The molecule has 7 nitrogen and oxygen atoms in total. The van der Waals surface area contributed by atoms with Crippen molar-refractivity contribution < 1.29 is 14.5 Å². The molecule has 0 aliphatic rings. The first kappa shape index (κ1) is 21.1. The highest BCUT2D eigenvalue weighted by Crippen LogP contribution is 2.33. The average molecular weight is 426 g/mol. The molecule has 0 heterocycles. The number of hydrogen-bond donors (Lipinski definition) is 2. The summed E-state index contributed by atoms with van der Waals surface area (Å²) in [7, 11) is 0. The molecule has 3 rings (SSSR count). The Labute approximate surface area is 178 Å². The molecule has 0 unspecified atom stereocenters. The van der Waals surface area contributed by atoms with E-state index in [1.807, 2.05) is 37.3 Å². The first-order valence-corrected chi connectivity index (χ1v) is 9.52. The highest BCUT2D eigenvalue weighted by atomic mass is 35.5. The summed E-state index contributed by atoms with van der Waals surface area (Å²) in [6.45, 7) is 3.96. The molecule has 0 saturated carbocycles. The quantitative estimate of drug-likeness (QED) is 0.362. The van der Waals surface area contributed by atoms with Gasteiger partial charge >= 0.3 is 5.69 Å². The molecule has 0 fully saturated rings. The lowest BCUT2D eigenvalue weighted by Crippen LogP contribution is -2.08. The van der Waals surface area contributed by atoms with Crippen LogP contribution in [0.4, 0.5) is 17.1 Å². The molecular formula is C22H20ClN3O4. The fourth-order valence-electron chi connectivity index (χ4n) is 2.78. The Morgan fingerprint density at radius 1 is 1.10 bits per heavy atom. The topological polar surface area (TPSA) is 93.5 Å². The molecule has 0 aromatic heterocycles. The molecule has 0 radical (unpaired) electrons. The molecule has 3 aromatic rings.